The van der Waals surface area contributed by atoms with E-state index >= 15 is 0 Å². The summed E-state index contributed by atoms with van der Waals surface area (Å²) in [4.78, 5) is 20.6. The van der Waals surface area contributed by atoms with Crippen LogP contribution in [-0.4, -0.2) is 48.3 Å². The van der Waals surface area contributed by atoms with E-state index in [-0.39, 0.29) is 11.8 Å². The lowest BCUT2D eigenvalue weighted by atomic mass is 9.97. The van der Waals surface area contributed by atoms with Gasteiger partial charge in [0.05, 0.1) is 37.2 Å². The van der Waals surface area contributed by atoms with Crippen LogP contribution in [0, 0.1) is 5.92 Å². The van der Waals surface area contributed by atoms with Gasteiger partial charge in [-0.25, -0.2) is 0 Å². The van der Waals surface area contributed by atoms with Crippen molar-refractivity contribution in [3.05, 3.63) is 41.6 Å². The minimum absolute atomic E-state index is 0.0314. The molecule has 0 saturated carbocycles. The van der Waals surface area contributed by atoms with Gasteiger partial charge in [-0.3, -0.25) is 9.69 Å². The van der Waals surface area contributed by atoms with Crippen molar-refractivity contribution in [1.82, 2.24) is 15.0 Å². The fraction of sp³-hybridized carbons (Fsp3) is 0.381. The third-order valence-corrected chi connectivity index (χ3v) is 5.98. The zero-order valence-electron chi connectivity index (χ0n) is 17.0. The normalized spacial score (nSPS) is 16.9. The number of benzene rings is 1. The summed E-state index contributed by atoms with van der Waals surface area (Å²) in [6.45, 7) is 2.06. The molecule has 1 N–H and O–H groups in total. The summed E-state index contributed by atoms with van der Waals surface area (Å²) >= 11 is 1.58. The molecule has 1 aliphatic heterocycles. The van der Waals surface area contributed by atoms with E-state index in [1.807, 2.05) is 17.5 Å². The number of carbonyl (C=O) groups is 1. The van der Waals surface area contributed by atoms with E-state index in [4.69, 9.17) is 14.0 Å². The second kappa shape index (κ2) is 9.27. The molecule has 0 spiro atoms. The van der Waals surface area contributed by atoms with Crippen LogP contribution in [0.1, 0.15) is 18.7 Å². The van der Waals surface area contributed by atoms with Crippen LogP contribution in [-0.2, 0) is 11.3 Å². The first-order valence-electron chi connectivity index (χ1n) is 9.78. The lowest BCUT2D eigenvalue weighted by Crippen LogP contribution is -2.40. The molecule has 1 atom stereocenters. The standard InChI is InChI=1S/C21H24N4O4S/c1-27-15-7-8-17(28-2)16(11-15)22-21(26)14-5-3-9-25(12-14)13-19-23-20(24-29-19)18-6-4-10-30-18/h4,6-8,10-11,14H,3,5,9,12-13H2,1-2H3,(H,22,26). The molecule has 1 unspecified atom stereocenters. The van der Waals surface area contributed by atoms with Crippen LogP contribution in [0.4, 0.5) is 5.69 Å². The van der Waals surface area contributed by atoms with Crippen LogP contribution >= 0.6 is 11.3 Å². The number of methoxy groups -OCH3 is 2. The molecule has 0 aliphatic carbocycles. The Hall–Kier alpha value is -2.91. The Bertz CT molecular complexity index is 989. The minimum Gasteiger partial charge on any atom is -0.497 e. The van der Waals surface area contributed by atoms with Crippen molar-refractivity contribution in [1.29, 1.82) is 0 Å². The number of thiophene rings is 1. The van der Waals surface area contributed by atoms with Crippen LogP contribution < -0.4 is 14.8 Å². The molecule has 3 heterocycles. The Balaban J connectivity index is 1.38. The van der Waals surface area contributed by atoms with Gasteiger partial charge in [0.2, 0.25) is 17.6 Å². The van der Waals surface area contributed by atoms with E-state index in [0.29, 0.717) is 42.0 Å². The number of aromatic nitrogens is 2. The van der Waals surface area contributed by atoms with E-state index in [9.17, 15) is 4.79 Å². The molecule has 3 aromatic rings. The summed E-state index contributed by atoms with van der Waals surface area (Å²) in [6, 6.07) is 9.27. The van der Waals surface area contributed by atoms with Crippen molar-refractivity contribution in [2.24, 2.45) is 5.92 Å². The topological polar surface area (TPSA) is 89.7 Å². The molecule has 2 aromatic heterocycles. The molecule has 0 bridgehead atoms. The van der Waals surface area contributed by atoms with Gasteiger partial charge in [-0.15, -0.1) is 11.3 Å². The number of nitrogens with zero attached hydrogens (tertiary/aromatic N) is 3. The minimum atomic E-state index is -0.130. The molecule has 30 heavy (non-hydrogen) atoms. The van der Waals surface area contributed by atoms with E-state index < -0.39 is 0 Å². The van der Waals surface area contributed by atoms with Gasteiger partial charge >= 0.3 is 0 Å². The Morgan fingerprint density at radius 1 is 1.33 bits per heavy atom. The number of anilines is 1. The van der Waals surface area contributed by atoms with Crippen molar-refractivity contribution in [3.8, 4) is 22.2 Å². The number of carbonyl (C=O) groups excluding carboxylic acids is 1. The molecule has 1 aliphatic rings. The van der Waals surface area contributed by atoms with E-state index in [1.165, 1.54) is 0 Å². The number of rotatable bonds is 7. The number of ether oxygens (including phenoxy) is 2. The Kier molecular flexibility index (Phi) is 6.29. The summed E-state index contributed by atoms with van der Waals surface area (Å²) in [7, 11) is 3.17. The van der Waals surface area contributed by atoms with Gasteiger partial charge in [-0.2, -0.15) is 4.98 Å². The number of piperidine rings is 1. The van der Waals surface area contributed by atoms with E-state index in [1.54, 1.807) is 43.8 Å². The van der Waals surface area contributed by atoms with Crippen molar-refractivity contribution >= 4 is 22.9 Å². The number of amides is 1. The highest BCUT2D eigenvalue weighted by Gasteiger charge is 2.27. The van der Waals surface area contributed by atoms with E-state index in [2.05, 4.69) is 20.4 Å². The van der Waals surface area contributed by atoms with Gasteiger partial charge in [0.15, 0.2) is 0 Å². The maximum atomic E-state index is 12.9. The Morgan fingerprint density at radius 3 is 3.00 bits per heavy atom. The quantitative estimate of drug-likeness (QED) is 0.614. The largest absolute Gasteiger partial charge is 0.497 e. The highest BCUT2D eigenvalue weighted by molar-refractivity contribution is 7.13. The first-order valence-corrected chi connectivity index (χ1v) is 10.7. The number of likely N-dealkylation sites (tertiary alicyclic amines) is 1. The number of nitrogens with one attached hydrogen (secondary N) is 1. The van der Waals surface area contributed by atoms with Gasteiger partial charge in [0.1, 0.15) is 11.5 Å². The molecular formula is C21H24N4O4S. The molecule has 4 rings (SSSR count). The van der Waals surface area contributed by atoms with Gasteiger partial charge in [-0.05, 0) is 43.0 Å². The summed E-state index contributed by atoms with van der Waals surface area (Å²) in [5.41, 5.74) is 0.608. The first kappa shape index (κ1) is 20.4. The molecule has 1 amide bonds. The maximum Gasteiger partial charge on any atom is 0.241 e. The van der Waals surface area contributed by atoms with Gasteiger partial charge in [-0.1, -0.05) is 11.2 Å². The molecule has 9 heteroatoms. The maximum absolute atomic E-state index is 12.9. The summed E-state index contributed by atoms with van der Waals surface area (Å²) in [5, 5.41) is 9.04. The fourth-order valence-electron chi connectivity index (χ4n) is 3.58. The van der Waals surface area contributed by atoms with Crippen molar-refractivity contribution in [2.75, 3.05) is 32.6 Å². The van der Waals surface area contributed by atoms with E-state index in [0.717, 1.165) is 24.3 Å². The van der Waals surface area contributed by atoms with Crippen molar-refractivity contribution < 1.29 is 18.8 Å². The van der Waals surface area contributed by atoms with Gasteiger partial charge in [0, 0.05) is 12.6 Å². The van der Waals surface area contributed by atoms with Crippen LogP contribution in [0.15, 0.2) is 40.2 Å². The monoisotopic (exact) mass is 428 g/mol. The Morgan fingerprint density at radius 2 is 2.23 bits per heavy atom. The second-order valence-corrected chi connectivity index (χ2v) is 8.07. The average Bonchev–Trinajstić information content (AvgIpc) is 3.46. The third kappa shape index (κ3) is 4.63. The van der Waals surface area contributed by atoms with Crippen molar-refractivity contribution in [3.63, 3.8) is 0 Å². The first-order chi connectivity index (χ1) is 14.7. The molecule has 0 radical (unpaired) electrons. The fourth-order valence-corrected chi connectivity index (χ4v) is 4.23. The SMILES string of the molecule is COc1ccc(OC)c(NC(=O)C2CCCN(Cc3nc(-c4cccs4)no3)C2)c1. The average molecular weight is 429 g/mol. The molecule has 1 fully saturated rings. The zero-order valence-corrected chi connectivity index (χ0v) is 17.8. The van der Waals surface area contributed by atoms with Gasteiger partial charge in [0.25, 0.3) is 0 Å². The highest BCUT2D eigenvalue weighted by Crippen LogP contribution is 2.30. The molecule has 1 aromatic carbocycles. The van der Waals surface area contributed by atoms with Crippen LogP contribution in [0.5, 0.6) is 11.5 Å². The molecule has 8 nitrogen and oxygen atoms in total. The highest BCUT2D eigenvalue weighted by atomic mass is 32.1. The lowest BCUT2D eigenvalue weighted by Gasteiger charge is -2.31. The predicted molar refractivity (Wildman–Crippen MR) is 114 cm³/mol. The third-order valence-electron chi connectivity index (χ3n) is 5.11. The molecule has 1 saturated heterocycles. The predicted octanol–water partition coefficient (Wildman–Crippen LogP) is 3.67. The number of hydrogen-bond acceptors (Lipinski definition) is 8. The van der Waals surface area contributed by atoms with Crippen molar-refractivity contribution in [2.45, 2.75) is 19.4 Å². The van der Waals surface area contributed by atoms with Crippen LogP contribution in [0.3, 0.4) is 0 Å². The Labute approximate surface area is 178 Å². The lowest BCUT2D eigenvalue weighted by molar-refractivity contribution is -0.121. The molecule has 158 valence electrons. The number of hydrogen-bond donors (Lipinski definition) is 1. The van der Waals surface area contributed by atoms with Crippen LogP contribution in [0.25, 0.3) is 10.7 Å². The molecular weight excluding hydrogens is 404 g/mol. The summed E-state index contributed by atoms with van der Waals surface area (Å²) < 4.78 is 16.0. The smallest absolute Gasteiger partial charge is 0.241 e. The summed E-state index contributed by atoms with van der Waals surface area (Å²) in [6.07, 6.45) is 1.76. The van der Waals surface area contributed by atoms with Gasteiger partial charge < -0.3 is 19.3 Å². The zero-order chi connectivity index (χ0) is 20.9. The summed E-state index contributed by atoms with van der Waals surface area (Å²) in [5.74, 6) is 2.27. The van der Waals surface area contributed by atoms with Crippen LogP contribution in [0.2, 0.25) is 0 Å². The second-order valence-electron chi connectivity index (χ2n) is 7.12.